The van der Waals surface area contributed by atoms with Crippen molar-refractivity contribution in [1.29, 1.82) is 0 Å². The highest BCUT2D eigenvalue weighted by molar-refractivity contribution is 6.35. The van der Waals surface area contributed by atoms with Crippen molar-refractivity contribution < 1.29 is 9.59 Å². The third-order valence-electron chi connectivity index (χ3n) is 5.27. The Morgan fingerprint density at radius 2 is 1.96 bits per heavy atom. The van der Waals surface area contributed by atoms with Gasteiger partial charge in [0.2, 0.25) is 5.91 Å². The van der Waals surface area contributed by atoms with Crippen LogP contribution in [0.4, 0.5) is 11.4 Å². The van der Waals surface area contributed by atoms with Gasteiger partial charge in [-0.15, -0.1) is 0 Å². The molecular formula is C22H20Cl2N2O2. The number of para-hydroxylation sites is 2. The summed E-state index contributed by atoms with van der Waals surface area (Å²) in [5.74, 6) is -0.0242. The lowest BCUT2D eigenvalue weighted by Crippen LogP contribution is -2.37. The molecule has 6 heteroatoms. The number of halogens is 2. The second-order valence-corrected chi connectivity index (χ2v) is 7.84. The number of fused-ring (bicyclic) bond motifs is 1. The lowest BCUT2D eigenvalue weighted by molar-refractivity contribution is -0.118. The number of rotatable bonds is 2. The van der Waals surface area contributed by atoms with Crippen molar-refractivity contribution in [3.63, 3.8) is 0 Å². The Hall–Kier alpha value is -2.30. The normalized spacial score (nSPS) is 18.9. The van der Waals surface area contributed by atoms with Crippen molar-refractivity contribution in [2.24, 2.45) is 0 Å². The average Bonchev–Trinajstić information content (AvgIpc) is 2.82. The number of hydrogen-bond acceptors (Lipinski definition) is 3. The number of carbonyl (C=O) groups is 2. The van der Waals surface area contributed by atoms with E-state index in [4.69, 9.17) is 23.2 Å². The molecule has 0 saturated carbocycles. The van der Waals surface area contributed by atoms with Gasteiger partial charge < -0.3 is 5.32 Å². The maximum absolute atomic E-state index is 13.1. The minimum Gasteiger partial charge on any atom is -0.357 e. The van der Waals surface area contributed by atoms with Crippen molar-refractivity contribution in [1.82, 2.24) is 0 Å². The molecule has 1 aliphatic heterocycles. The number of carbonyl (C=O) groups excluding carboxylic acids is 2. The van der Waals surface area contributed by atoms with E-state index in [-0.39, 0.29) is 11.7 Å². The van der Waals surface area contributed by atoms with Crippen molar-refractivity contribution >= 4 is 46.3 Å². The van der Waals surface area contributed by atoms with Gasteiger partial charge in [-0.1, -0.05) is 48.3 Å². The Labute approximate surface area is 174 Å². The minimum atomic E-state index is -0.587. The van der Waals surface area contributed by atoms with E-state index in [1.165, 1.54) is 0 Å². The summed E-state index contributed by atoms with van der Waals surface area (Å²) in [6.07, 6.45) is 2.32. The van der Waals surface area contributed by atoms with Gasteiger partial charge in [-0.2, -0.15) is 0 Å². The van der Waals surface area contributed by atoms with Crippen LogP contribution in [0.2, 0.25) is 10.0 Å². The number of Topliss-reactive ketones (excluding diaryl/α,β-unsaturated/α-hetero) is 1. The summed E-state index contributed by atoms with van der Waals surface area (Å²) >= 11 is 12.7. The highest BCUT2D eigenvalue weighted by Gasteiger charge is 2.39. The maximum Gasteiger partial charge on any atom is 0.227 e. The van der Waals surface area contributed by atoms with E-state index in [1.54, 1.807) is 17.0 Å². The van der Waals surface area contributed by atoms with Crippen molar-refractivity contribution in [3.8, 4) is 0 Å². The van der Waals surface area contributed by atoms with Gasteiger partial charge in [-0.3, -0.25) is 14.5 Å². The number of allylic oxidation sites excluding steroid dienone is 1. The van der Waals surface area contributed by atoms with Crippen LogP contribution in [0.25, 0.3) is 0 Å². The third-order valence-corrected chi connectivity index (χ3v) is 5.83. The molecule has 0 bridgehead atoms. The van der Waals surface area contributed by atoms with E-state index in [0.29, 0.717) is 34.0 Å². The molecule has 0 aromatic heterocycles. The summed E-state index contributed by atoms with van der Waals surface area (Å²) in [6.45, 7) is 1.82. The lowest BCUT2D eigenvalue weighted by Gasteiger charge is -2.34. The molecule has 0 radical (unpaired) electrons. The highest BCUT2D eigenvalue weighted by Crippen LogP contribution is 2.46. The molecule has 1 N–H and O–H groups in total. The topological polar surface area (TPSA) is 49.4 Å². The van der Waals surface area contributed by atoms with Gasteiger partial charge in [0, 0.05) is 34.2 Å². The van der Waals surface area contributed by atoms with E-state index in [1.807, 2.05) is 37.3 Å². The monoisotopic (exact) mass is 414 g/mol. The second-order valence-electron chi connectivity index (χ2n) is 7.00. The van der Waals surface area contributed by atoms with Crippen LogP contribution in [0.5, 0.6) is 0 Å². The van der Waals surface area contributed by atoms with Gasteiger partial charge in [-0.05, 0) is 42.7 Å². The molecule has 28 heavy (non-hydrogen) atoms. The number of nitrogens with zero attached hydrogens (tertiary/aromatic N) is 1. The molecule has 0 fully saturated rings. The first-order valence-corrected chi connectivity index (χ1v) is 10.2. The van der Waals surface area contributed by atoms with Gasteiger partial charge in [0.25, 0.3) is 0 Å². The van der Waals surface area contributed by atoms with Crippen molar-refractivity contribution in [2.45, 2.75) is 38.6 Å². The van der Waals surface area contributed by atoms with E-state index in [2.05, 4.69) is 5.32 Å². The molecule has 1 heterocycles. The molecule has 1 aliphatic carbocycles. The Bertz CT molecular complexity index is 1000. The fourth-order valence-corrected chi connectivity index (χ4v) is 4.51. The first-order chi connectivity index (χ1) is 13.5. The van der Waals surface area contributed by atoms with Gasteiger partial charge in [0.05, 0.1) is 17.4 Å². The molecule has 1 atom stereocenters. The SMILES string of the molecule is CCC(=O)N1c2ccccc2NC2=C(C(=O)CCC2)[C@H]1c1ccc(Cl)cc1Cl. The van der Waals surface area contributed by atoms with Gasteiger partial charge in [0.15, 0.2) is 5.78 Å². The fraction of sp³-hybridized carbons (Fsp3) is 0.273. The standard InChI is InChI=1S/C22H20Cl2N2O2/c1-2-20(28)26-18-8-4-3-6-16(18)25-17-7-5-9-19(27)21(17)22(26)14-11-10-13(23)12-15(14)24/h3-4,6,8,10-12,22,25H,2,5,7,9H2,1H3/t22-/m1/s1. The predicted octanol–water partition coefficient (Wildman–Crippen LogP) is 5.91. The Balaban J connectivity index is 2.03. The third kappa shape index (κ3) is 3.21. The number of benzene rings is 2. The van der Waals surface area contributed by atoms with E-state index >= 15 is 0 Å². The largest absolute Gasteiger partial charge is 0.357 e. The Morgan fingerprint density at radius 1 is 1.18 bits per heavy atom. The number of nitrogens with one attached hydrogen (secondary N) is 1. The average molecular weight is 415 g/mol. The van der Waals surface area contributed by atoms with E-state index < -0.39 is 6.04 Å². The first kappa shape index (κ1) is 19.0. The molecule has 0 saturated heterocycles. The van der Waals surface area contributed by atoms with Crippen molar-refractivity contribution in [3.05, 3.63) is 69.3 Å². The van der Waals surface area contributed by atoms with E-state index in [9.17, 15) is 9.59 Å². The number of anilines is 2. The maximum atomic E-state index is 13.1. The first-order valence-electron chi connectivity index (χ1n) is 9.40. The molecule has 2 aliphatic rings. The van der Waals surface area contributed by atoms with Crippen LogP contribution in [0.1, 0.15) is 44.2 Å². The minimum absolute atomic E-state index is 0.0477. The van der Waals surface area contributed by atoms with Gasteiger partial charge in [0.1, 0.15) is 0 Å². The van der Waals surface area contributed by atoms with Gasteiger partial charge in [-0.25, -0.2) is 0 Å². The molecule has 0 spiro atoms. The summed E-state index contributed by atoms with van der Waals surface area (Å²) in [7, 11) is 0. The van der Waals surface area contributed by atoms with E-state index in [0.717, 1.165) is 29.9 Å². The molecule has 4 nitrogen and oxygen atoms in total. The molecule has 2 aromatic rings. The molecule has 1 amide bonds. The lowest BCUT2D eigenvalue weighted by atomic mass is 9.85. The predicted molar refractivity (Wildman–Crippen MR) is 113 cm³/mol. The summed E-state index contributed by atoms with van der Waals surface area (Å²) in [4.78, 5) is 27.9. The quantitative estimate of drug-likeness (QED) is 0.664. The zero-order valence-electron chi connectivity index (χ0n) is 15.5. The van der Waals surface area contributed by atoms with Crippen LogP contribution >= 0.6 is 23.2 Å². The molecule has 2 aromatic carbocycles. The Morgan fingerprint density at radius 3 is 2.71 bits per heavy atom. The fourth-order valence-electron chi connectivity index (χ4n) is 4.00. The van der Waals surface area contributed by atoms with Crippen LogP contribution in [0.15, 0.2) is 53.7 Å². The number of hydrogen-bond donors (Lipinski definition) is 1. The van der Waals surface area contributed by atoms with Crippen LogP contribution in [-0.4, -0.2) is 11.7 Å². The zero-order chi connectivity index (χ0) is 19.8. The number of amides is 1. The van der Waals surface area contributed by atoms with Crippen LogP contribution in [0, 0.1) is 0 Å². The smallest absolute Gasteiger partial charge is 0.227 e. The van der Waals surface area contributed by atoms with Crippen molar-refractivity contribution in [2.75, 3.05) is 10.2 Å². The molecule has 4 rings (SSSR count). The second kappa shape index (κ2) is 7.61. The molecule has 0 unspecified atom stereocenters. The van der Waals surface area contributed by atoms with Crippen LogP contribution in [-0.2, 0) is 9.59 Å². The van der Waals surface area contributed by atoms with Crippen LogP contribution < -0.4 is 10.2 Å². The summed E-state index contributed by atoms with van der Waals surface area (Å²) < 4.78 is 0. The molecule has 144 valence electrons. The molecular weight excluding hydrogens is 395 g/mol. The van der Waals surface area contributed by atoms with Crippen LogP contribution in [0.3, 0.4) is 0 Å². The zero-order valence-corrected chi connectivity index (χ0v) is 17.0. The number of ketones is 1. The Kier molecular flexibility index (Phi) is 5.17. The summed E-state index contributed by atoms with van der Waals surface area (Å²) in [5.41, 5.74) is 3.75. The summed E-state index contributed by atoms with van der Waals surface area (Å²) in [5, 5.41) is 4.38. The highest BCUT2D eigenvalue weighted by atomic mass is 35.5. The van der Waals surface area contributed by atoms with Gasteiger partial charge >= 0.3 is 0 Å². The summed E-state index contributed by atoms with van der Waals surface area (Å²) in [6, 6.07) is 12.3.